The minimum atomic E-state index is 1.26. The Morgan fingerprint density at radius 3 is 2.08 bits per heavy atom. The molecule has 1 aliphatic carbocycles. The first-order chi connectivity index (χ1) is 6.00. The second-order valence-corrected chi connectivity index (χ2v) is 3.68. The molecule has 0 unspecified atom stereocenters. The predicted molar refractivity (Wildman–Crippen MR) is 55.0 cm³/mol. The average molecular weight is 165 g/mol. The van der Waals surface area contributed by atoms with Crippen LogP contribution in [0.1, 0.15) is 57.8 Å². The van der Waals surface area contributed by atoms with Crippen molar-refractivity contribution in [1.29, 1.82) is 0 Å². The van der Waals surface area contributed by atoms with Crippen molar-refractivity contribution in [2.24, 2.45) is 0 Å². The van der Waals surface area contributed by atoms with Crippen LogP contribution in [-0.4, -0.2) is 0 Å². The molecule has 0 aromatic rings. The van der Waals surface area contributed by atoms with E-state index in [1.165, 1.54) is 57.8 Å². The molecule has 0 bridgehead atoms. The Bertz CT molecular complexity index is 99.2. The zero-order valence-corrected chi connectivity index (χ0v) is 8.10. The summed E-state index contributed by atoms with van der Waals surface area (Å²) in [5, 5.41) is 0. The molecular weight excluding hydrogens is 144 g/mol. The van der Waals surface area contributed by atoms with Crippen molar-refractivity contribution in [3.05, 3.63) is 18.6 Å². The third kappa shape index (κ3) is 5.40. The molecule has 1 radical (unpaired) electrons. The maximum Gasteiger partial charge on any atom is -0.0348 e. The summed E-state index contributed by atoms with van der Waals surface area (Å²) < 4.78 is 0. The van der Waals surface area contributed by atoms with Crippen LogP contribution in [-0.2, 0) is 0 Å². The van der Waals surface area contributed by atoms with E-state index in [-0.39, 0.29) is 0 Å². The molecular formula is C12H21. The van der Waals surface area contributed by atoms with E-state index in [2.05, 4.69) is 18.6 Å². The fraction of sp³-hybridized carbons (Fsp3) is 0.750. The lowest BCUT2D eigenvalue weighted by Gasteiger charge is -2.02. The molecule has 12 heavy (non-hydrogen) atoms. The number of rotatable bonds is 0. The molecule has 0 saturated heterocycles. The highest BCUT2D eigenvalue weighted by atomic mass is 14.0. The van der Waals surface area contributed by atoms with Gasteiger partial charge >= 0.3 is 0 Å². The summed E-state index contributed by atoms with van der Waals surface area (Å²) in [7, 11) is 0. The number of hydrogen-bond donors (Lipinski definition) is 0. The van der Waals surface area contributed by atoms with Crippen LogP contribution in [0.4, 0.5) is 0 Å². The summed E-state index contributed by atoms with van der Waals surface area (Å²) in [4.78, 5) is 0. The zero-order chi connectivity index (χ0) is 8.49. The minimum absolute atomic E-state index is 1.26. The third-order valence-corrected chi connectivity index (χ3v) is 2.48. The van der Waals surface area contributed by atoms with Crippen LogP contribution in [0, 0.1) is 6.42 Å². The van der Waals surface area contributed by atoms with Gasteiger partial charge in [-0.05, 0) is 32.1 Å². The van der Waals surface area contributed by atoms with Crippen molar-refractivity contribution in [3.8, 4) is 0 Å². The van der Waals surface area contributed by atoms with Crippen molar-refractivity contribution >= 4 is 0 Å². The van der Waals surface area contributed by atoms with Gasteiger partial charge in [-0.25, -0.2) is 0 Å². The summed E-state index contributed by atoms with van der Waals surface area (Å²) in [5.74, 6) is 0. The van der Waals surface area contributed by atoms with Crippen LogP contribution >= 0.6 is 0 Å². The normalized spacial score (nSPS) is 25.3. The van der Waals surface area contributed by atoms with Gasteiger partial charge in [0.05, 0.1) is 0 Å². The Kier molecular flexibility index (Phi) is 6.05. The van der Waals surface area contributed by atoms with Crippen molar-refractivity contribution < 1.29 is 0 Å². The van der Waals surface area contributed by atoms with Gasteiger partial charge in [0, 0.05) is 0 Å². The molecule has 0 aromatic heterocycles. The van der Waals surface area contributed by atoms with Crippen LogP contribution in [0.2, 0.25) is 0 Å². The van der Waals surface area contributed by atoms with Crippen LogP contribution < -0.4 is 0 Å². The lowest BCUT2D eigenvalue weighted by atomic mass is 10.0. The molecule has 0 heterocycles. The second kappa shape index (κ2) is 7.39. The molecule has 0 spiro atoms. The standard InChI is InChI=1S/C12H21/c1-2-4-6-8-10-12-11-9-7-5-3-1/h1-2,7H,3-6,8-12H2/b2-1-. The van der Waals surface area contributed by atoms with E-state index in [9.17, 15) is 0 Å². The molecule has 0 atom stereocenters. The van der Waals surface area contributed by atoms with Crippen molar-refractivity contribution in [2.45, 2.75) is 57.8 Å². The molecule has 0 amide bonds. The van der Waals surface area contributed by atoms with E-state index in [1.807, 2.05) is 0 Å². The number of hydrogen-bond acceptors (Lipinski definition) is 0. The van der Waals surface area contributed by atoms with Crippen LogP contribution in [0.5, 0.6) is 0 Å². The van der Waals surface area contributed by atoms with E-state index in [1.54, 1.807) is 0 Å². The first kappa shape index (κ1) is 9.83. The molecule has 0 aliphatic heterocycles. The third-order valence-electron chi connectivity index (χ3n) is 2.48. The van der Waals surface area contributed by atoms with E-state index in [0.29, 0.717) is 0 Å². The van der Waals surface area contributed by atoms with Gasteiger partial charge in [0.25, 0.3) is 0 Å². The van der Waals surface area contributed by atoms with Crippen LogP contribution in [0.3, 0.4) is 0 Å². The molecule has 0 saturated carbocycles. The van der Waals surface area contributed by atoms with E-state index < -0.39 is 0 Å². The van der Waals surface area contributed by atoms with E-state index >= 15 is 0 Å². The van der Waals surface area contributed by atoms with Gasteiger partial charge in [0.2, 0.25) is 0 Å². The monoisotopic (exact) mass is 165 g/mol. The van der Waals surface area contributed by atoms with Gasteiger partial charge < -0.3 is 0 Å². The van der Waals surface area contributed by atoms with E-state index in [4.69, 9.17) is 0 Å². The van der Waals surface area contributed by atoms with Gasteiger partial charge in [-0.3, -0.25) is 0 Å². The Morgan fingerprint density at radius 2 is 1.17 bits per heavy atom. The highest BCUT2D eigenvalue weighted by Crippen LogP contribution is 2.12. The fourth-order valence-corrected chi connectivity index (χ4v) is 1.68. The fourth-order valence-electron chi connectivity index (χ4n) is 1.68. The Labute approximate surface area is 77.1 Å². The molecule has 0 aromatic carbocycles. The molecule has 0 heteroatoms. The SMILES string of the molecule is [CH]1CC/C=C\CCCCCCC1. The van der Waals surface area contributed by atoms with E-state index in [0.717, 1.165) is 0 Å². The van der Waals surface area contributed by atoms with Crippen molar-refractivity contribution in [3.63, 3.8) is 0 Å². The Morgan fingerprint density at radius 1 is 0.500 bits per heavy atom. The predicted octanol–water partition coefficient (Wildman–Crippen LogP) is 4.27. The first-order valence-corrected chi connectivity index (χ1v) is 5.47. The van der Waals surface area contributed by atoms with Crippen molar-refractivity contribution in [2.75, 3.05) is 0 Å². The van der Waals surface area contributed by atoms with Gasteiger partial charge in [0.1, 0.15) is 0 Å². The van der Waals surface area contributed by atoms with Gasteiger partial charge in [-0.2, -0.15) is 0 Å². The summed E-state index contributed by atoms with van der Waals surface area (Å²) >= 11 is 0. The highest BCUT2D eigenvalue weighted by molar-refractivity contribution is 4.83. The summed E-state index contributed by atoms with van der Waals surface area (Å²) in [6.07, 6.45) is 19.5. The smallest absolute Gasteiger partial charge is 0.0348 e. The molecule has 1 aliphatic rings. The quantitative estimate of drug-likeness (QED) is 0.470. The maximum atomic E-state index is 2.45. The first-order valence-electron chi connectivity index (χ1n) is 5.47. The molecule has 0 fully saturated rings. The molecule has 69 valence electrons. The van der Waals surface area contributed by atoms with Gasteiger partial charge in [0.15, 0.2) is 0 Å². The maximum absolute atomic E-state index is 2.45. The Hall–Kier alpha value is -0.260. The average Bonchev–Trinajstić information content (AvgIpc) is 2.05. The van der Waals surface area contributed by atoms with Gasteiger partial charge in [-0.15, -0.1) is 0 Å². The highest BCUT2D eigenvalue weighted by Gasteiger charge is 1.93. The zero-order valence-electron chi connectivity index (χ0n) is 8.10. The summed E-state index contributed by atoms with van der Waals surface area (Å²) in [5.41, 5.74) is 0. The number of allylic oxidation sites excluding steroid dienone is 2. The second-order valence-electron chi connectivity index (χ2n) is 3.68. The van der Waals surface area contributed by atoms with Crippen LogP contribution in [0.15, 0.2) is 12.2 Å². The van der Waals surface area contributed by atoms with Crippen molar-refractivity contribution in [1.82, 2.24) is 0 Å². The lowest BCUT2D eigenvalue weighted by Crippen LogP contribution is -1.83. The van der Waals surface area contributed by atoms with Gasteiger partial charge in [-0.1, -0.05) is 44.3 Å². The minimum Gasteiger partial charge on any atom is -0.0885 e. The topological polar surface area (TPSA) is 0 Å². The Balaban J connectivity index is 2.10. The molecule has 1 rings (SSSR count). The lowest BCUT2D eigenvalue weighted by molar-refractivity contribution is 0.606. The summed E-state index contributed by atoms with van der Waals surface area (Å²) in [6, 6.07) is 0. The molecule has 0 nitrogen and oxygen atoms in total. The van der Waals surface area contributed by atoms with Crippen LogP contribution in [0.25, 0.3) is 0 Å². The largest absolute Gasteiger partial charge is 0.0885 e. The molecule has 0 N–H and O–H groups in total. The summed E-state index contributed by atoms with van der Waals surface area (Å²) in [6.45, 7) is 0.